The van der Waals surface area contributed by atoms with Gasteiger partial charge in [-0.25, -0.2) is 11.3 Å². The predicted molar refractivity (Wildman–Crippen MR) is 85.5 cm³/mol. The molecule has 1 aliphatic rings. The van der Waals surface area contributed by atoms with E-state index < -0.39 is 5.91 Å². The second-order valence-corrected chi connectivity index (χ2v) is 5.57. The largest absolute Gasteiger partial charge is 0.469 e. The molecule has 2 heterocycles. The molecule has 0 saturated carbocycles. The third-order valence-electron chi connectivity index (χ3n) is 4.06. The topological polar surface area (TPSA) is 123 Å². The molecular formula is C16H18N4O4. The van der Waals surface area contributed by atoms with Gasteiger partial charge in [0.1, 0.15) is 11.5 Å². The summed E-state index contributed by atoms with van der Waals surface area (Å²) in [7, 11) is 0. The molecular weight excluding hydrogens is 312 g/mol. The Hall–Kier alpha value is -2.87. The Morgan fingerprint density at radius 2 is 2.04 bits per heavy atom. The third-order valence-corrected chi connectivity index (χ3v) is 4.06. The van der Waals surface area contributed by atoms with Crippen LogP contribution in [0, 0.1) is 13.8 Å². The molecule has 3 rings (SSSR count). The van der Waals surface area contributed by atoms with Gasteiger partial charge in [0.25, 0.3) is 5.91 Å². The van der Waals surface area contributed by atoms with Crippen molar-refractivity contribution in [2.75, 3.05) is 0 Å². The number of carbonyl (C=O) groups is 2. The molecule has 4 N–H and O–H groups in total. The van der Waals surface area contributed by atoms with E-state index in [-0.39, 0.29) is 11.7 Å². The SMILES string of the molecule is Cc1occc1C(=O)N/N=C1\CCCc2oc(C(=O)NN)c(C)c21. The maximum Gasteiger partial charge on any atom is 0.301 e. The number of nitrogens with one attached hydrogen (secondary N) is 2. The zero-order valence-electron chi connectivity index (χ0n) is 13.4. The molecule has 8 nitrogen and oxygen atoms in total. The van der Waals surface area contributed by atoms with Gasteiger partial charge in [-0.1, -0.05) is 0 Å². The van der Waals surface area contributed by atoms with Crippen LogP contribution in [0.2, 0.25) is 0 Å². The summed E-state index contributed by atoms with van der Waals surface area (Å²) in [5, 5.41) is 4.23. The average molecular weight is 330 g/mol. The fourth-order valence-corrected chi connectivity index (χ4v) is 2.86. The Morgan fingerprint density at radius 3 is 2.71 bits per heavy atom. The second kappa shape index (κ2) is 6.32. The van der Waals surface area contributed by atoms with Gasteiger partial charge in [-0.3, -0.25) is 15.0 Å². The number of furan rings is 2. The number of rotatable bonds is 3. The van der Waals surface area contributed by atoms with E-state index in [1.54, 1.807) is 19.9 Å². The molecule has 2 aromatic rings. The van der Waals surface area contributed by atoms with Crippen molar-refractivity contribution in [1.82, 2.24) is 10.9 Å². The van der Waals surface area contributed by atoms with Gasteiger partial charge in [0.05, 0.1) is 17.5 Å². The van der Waals surface area contributed by atoms with Crippen LogP contribution in [0.25, 0.3) is 0 Å². The number of nitrogens with zero attached hydrogens (tertiary/aromatic N) is 1. The minimum Gasteiger partial charge on any atom is -0.469 e. The average Bonchev–Trinajstić information content (AvgIpc) is 3.16. The number of fused-ring (bicyclic) bond motifs is 1. The fourth-order valence-electron chi connectivity index (χ4n) is 2.86. The summed E-state index contributed by atoms with van der Waals surface area (Å²) >= 11 is 0. The number of hydrogen-bond acceptors (Lipinski definition) is 6. The highest BCUT2D eigenvalue weighted by Gasteiger charge is 2.27. The van der Waals surface area contributed by atoms with Gasteiger partial charge in [0, 0.05) is 17.5 Å². The quantitative estimate of drug-likeness (QED) is 0.448. The molecule has 0 aromatic carbocycles. The van der Waals surface area contributed by atoms with E-state index in [9.17, 15) is 9.59 Å². The van der Waals surface area contributed by atoms with Crippen molar-refractivity contribution < 1.29 is 18.4 Å². The van der Waals surface area contributed by atoms with E-state index in [1.165, 1.54) is 6.26 Å². The van der Waals surface area contributed by atoms with Crippen LogP contribution in [0.5, 0.6) is 0 Å². The zero-order valence-corrected chi connectivity index (χ0v) is 13.4. The van der Waals surface area contributed by atoms with Crippen molar-refractivity contribution in [2.24, 2.45) is 10.9 Å². The third kappa shape index (κ3) is 2.71. The summed E-state index contributed by atoms with van der Waals surface area (Å²) in [6, 6.07) is 1.59. The number of hydrazine groups is 1. The van der Waals surface area contributed by atoms with Crippen LogP contribution in [0.1, 0.15) is 56.4 Å². The first kappa shape index (κ1) is 16.0. The molecule has 0 spiro atoms. The smallest absolute Gasteiger partial charge is 0.301 e. The van der Waals surface area contributed by atoms with E-state index >= 15 is 0 Å². The monoisotopic (exact) mass is 330 g/mol. The highest BCUT2D eigenvalue weighted by Crippen LogP contribution is 2.29. The van der Waals surface area contributed by atoms with Crippen LogP contribution in [0.15, 0.2) is 26.3 Å². The van der Waals surface area contributed by atoms with Crippen LogP contribution in [-0.2, 0) is 6.42 Å². The van der Waals surface area contributed by atoms with Gasteiger partial charge in [0.15, 0.2) is 5.76 Å². The molecule has 2 aromatic heterocycles. The van der Waals surface area contributed by atoms with Gasteiger partial charge in [-0.2, -0.15) is 5.10 Å². The molecule has 2 amide bonds. The number of carbonyl (C=O) groups excluding carboxylic acids is 2. The first-order valence-corrected chi connectivity index (χ1v) is 7.57. The first-order valence-electron chi connectivity index (χ1n) is 7.57. The Bertz CT molecular complexity index is 831. The van der Waals surface area contributed by atoms with Crippen LogP contribution >= 0.6 is 0 Å². The summed E-state index contributed by atoms with van der Waals surface area (Å²) in [6.45, 7) is 3.48. The summed E-state index contributed by atoms with van der Waals surface area (Å²) in [6.07, 6.45) is 3.67. The molecule has 0 unspecified atom stereocenters. The Morgan fingerprint density at radius 1 is 1.25 bits per heavy atom. The predicted octanol–water partition coefficient (Wildman–Crippen LogP) is 1.56. The number of amides is 2. The van der Waals surface area contributed by atoms with Crippen LogP contribution in [-0.4, -0.2) is 17.5 Å². The van der Waals surface area contributed by atoms with E-state index in [1.807, 2.05) is 0 Å². The number of aryl methyl sites for hydroxylation is 2. The standard InChI is InChI=1S/C16H18N4O4/c1-8-13-11(19-20-15(21)10-6-7-23-9(10)2)4-3-5-12(13)24-14(8)16(22)18-17/h6-7H,3-5,17H2,1-2H3,(H,18,22)(H,20,21)/b19-11+. The summed E-state index contributed by atoms with van der Waals surface area (Å²) < 4.78 is 10.7. The molecule has 126 valence electrons. The lowest BCUT2D eigenvalue weighted by Crippen LogP contribution is -2.30. The minimum atomic E-state index is -0.487. The van der Waals surface area contributed by atoms with Crippen molar-refractivity contribution in [3.63, 3.8) is 0 Å². The van der Waals surface area contributed by atoms with Gasteiger partial charge in [-0.15, -0.1) is 0 Å². The van der Waals surface area contributed by atoms with Gasteiger partial charge in [0.2, 0.25) is 0 Å². The van der Waals surface area contributed by atoms with Crippen molar-refractivity contribution in [3.05, 3.63) is 46.3 Å². The molecule has 0 bridgehead atoms. The number of nitrogens with two attached hydrogens (primary N) is 1. The van der Waals surface area contributed by atoms with Crippen molar-refractivity contribution >= 4 is 17.5 Å². The molecule has 0 radical (unpaired) electrons. The number of nitrogen functional groups attached to an aromatic ring is 1. The minimum absolute atomic E-state index is 0.175. The summed E-state index contributed by atoms with van der Waals surface area (Å²) in [5.74, 6) is 5.73. The highest BCUT2D eigenvalue weighted by molar-refractivity contribution is 6.07. The maximum atomic E-state index is 12.1. The zero-order chi connectivity index (χ0) is 17.3. The molecule has 1 aliphatic carbocycles. The number of hydrazone groups is 1. The van der Waals surface area contributed by atoms with Crippen LogP contribution in [0.4, 0.5) is 0 Å². The van der Waals surface area contributed by atoms with Gasteiger partial charge in [-0.05, 0) is 32.8 Å². The highest BCUT2D eigenvalue weighted by atomic mass is 16.4. The molecule has 0 saturated heterocycles. The van der Waals surface area contributed by atoms with Crippen LogP contribution < -0.4 is 16.7 Å². The lowest BCUT2D eigenvalue weighted by Gasteiger charge is -2.13. The number of hydrogen-bond donors (Lipinski definition) is 3. The van der Waals surface area contributed by atoms with Crippen LogP contribution in [0.3, 0.4) is 0 Å². The van der Waals surface area contributed by atoms with Crippen molar-refractivity contribution in [1.29, 1.82) is 0 Å². The van der Waals surface area contributed by atoms with E-state index in [0.29, 0.717) is 41.2 Å². The summed E-state index contributed by atoms with van der Waals surface area (Å²) in [5.41, 5.74) is 7.16. The van der Waals surface area contributed by atoms with Gasteiger partial charge < -0.3 is 8.83 Å². The van der Waals surface area contributed by atoms with Crippen molar-refractivity contribution in [3.8, 4) is 0 Å². The summed E-state index contributed by atoms with van der Waals surface area (Å²) in [4.78, 5) is 23.9. The maximum absolute atomic E-state index is 12.1. The second-order valence-electron chi connectivity index (χ2n) is 5.57. The lowest BCUT2D eigenvalue weighted by atomic mass is 9.93. The van der Waals surface area contributed by atoms with Crippen molar-refractivity contribution in [2.45, 2.75) is 33.1 Å². The fraction of sp³-hybridized carbons (Fsp3) is 0.312. The molecule has 8 heteroatoms. The van der Waals surface area contributed by atoms with Gasteiger partial charge >= 0.3 is 5.91 Å². The lowest BCUT2D eigenvalue weighted by molar-refractivity contribution is 0.0921. The van der Waals surface area contributed by atoms with E-state index in [4.69, 9.17) is 14.7 Å². The Balaban J connectivity index is 1.89. The molecule has 0 fully saturated rings. The molecule has 24 heavy (non-hydrogen) atoms. The first-order chi connectivity index (χ1) is 11.5. The Labute approximate surface area is 138 Å². The Kier molecular flexibility index (Phi) is 4.22. The normalized spacial score (nSPS) is 15.2. The van der Waals surface area contributed by atoms with E-state index in [0.717, 1.165) is 12.0 Å². The molecule has 0 atom stereocenters. The molecule has 0 aliphatic heterocycles. The van der Waals surface area contributed by atoms with E-state index in [2.05, 4.69) is 16.0 Å².